The summed E-state index contributed by atoms with van der Waals surface area (Å²) in [5.41, 5.74) is 0.829. The second-order valence-corrected chi connectivity index (χ2v) is 4.39. The van der Waals surface area contributed by atoms with E-state index in [0.717, 1.165) is 6.07 Å². The van der Waals surface area contributed by atoms with E-state index in [1.165, 1.54) is 24.3 Å². The summed E-state index contributed by atoms with van der Waals surface area (Å²) in [5.74, 6) is -1.53. The van der Waals surface area contributed by atoms with Crippen molar-refractivity contribution in [3.8, 4) is 28.4 Å². The maximum Gasteiger partial charge on any atom is 0.336 e. The topological polar surface area (TPSA) is 98.0 Å². The Labute approximate surface area is 115 Å². The quantitative estimate of drug-likeness (QED) is 0.645. The third-order valence-corrected chi connectivity index (χ3v) is 3.08. The fourth-order valence-electron chi connectivity index (χ4n) is 2.10. The van der Waals surface area contributed by atoms with E-state index in [9.17, 15) is 25.2 Å². The van der Waals surface area contributed by atoms with Gasteiger partial charge in [0.2, 0.25) is 0 Å². The first-order chi connectivity index (χ1) is 9.43. The molecule has 0 unspecified atom stereocenters. The molecule has 2 aromatic carbocycles. The Morgan fingerprint density at radius 2 is 1.70 bits per heavy atom. The first-order valence-electron chi connectivity index (χ1n) is 6.05. The van der Waals surface area contributed by atoms with Gasteiger partial charge in [0.1, 0.15) is 17.2 Å². The fraction of sp³-hybridized carbons (Fsp3) is 0.133. The number of benzene rings is 2. The lowest BCUT2D eigenvalue weighted by Crippen LogP contribution is -2.00. The smallest absolute Gasteiger partial charge is 0.336 e. The Bertz CT molecular complexity index is 676. The van der Waals surface area contributed by atoms with E-state index >= 15 is 0 Å². The van der Waals surface area contributed by atoms with E-state index in [1.54, 1.807) is 0 Å². The standard InChI is InChI=1S/C15H14O5/c1-2-8-5-10(17)7-12(14(8)18)11-4-3-9(16)6-13(11)15(19)20/h3-7,16-18H,2H2,1H3,(H,19,20). The maximum atomic E-state index is 11.2. The number of aromatic hydroxyl groups is 3. The molecule has 2 aromatic rings. The van der Waals surface area contributed by atoms with Gasteiger partial charge in [-0.25, -0.2) is 4.79 Å². The Kier molecular flexibility index (Phi) is 3.52. The molecule has 0 aromatic heterocycles. The van der Waals surface area contributed by atoms with Gasteiger partial charge in [0.25, 0.3) is 0 Å². The lowest BCUT2D eigenvalue weighted by molar-refractivity contribution is 0.0697. The number of aromatic carboxylic acids is 1. The largest absolute Gasteiger partial charge is 0.508 e. The highest BCUT2D eigenvalue weighted by molar-refractivity contribution is 5.97. The van der Waals surface area contributed by atoms with Crippen molar-refractivity contribution < 1.29 is 25.2 Å². The van der Waals surface area contributed by atoms with Crippen LogP contribution in [0.2, 0.25) is 0 Å². The molecular weight excluding hydrogens is 260 g/mol. The molecule has 0 heterocycles. The molecule has 0 bridgehead atoms. The number of rotatable bonds is 3. The average Bonchev–Trinajstić information content (AvgIpc) is 2.41. The number of hydrogen-bond acceptors (Lipinski definition) is 4. The van der Waals surface area contributed by atoms with Crippen LogP contribution in [0.15, 0.2) is 30.3 Å². The lowest BCUT2D eigenvalue weighted by atomic mass is 9.95. The third kappa shape index (κ3) is 2.38. The van der Waals surface area contributed by atoms with Crippen molar-refractivity contribution in [3.63, 3.8) is 0 Å². The van der Waals surface area contributed by atoms with E-state index in [-0.39, 0.29) is 33.9 Å². The number of carboxylic acids is 1. The van der Waals surface area contributed by atoms with Gasteiger partial charge in [-0.3, -0.25) is 0 Å². The van der Waals surface area contributed by atoms with Crippen LogP contribution in [0.5, 0.6) is 17.2 Å². The molecule has 0 spiro atoms. The second-order valence-electron chi connectivity index (χ2n) is 4.39. The van der Waals surface area contributed by atoms with Gasteiger partial charge in [-0.2, -0.15) is 0 Å². The molecule has 0 atom stereocenters. The Balaban J connectivity index is 2.74. The van der Waals surface area contributed by atoms with Crippen LogP contribution in [0, 0.1) is 0 Å². The molecule has 0 fully saturated rings. The zero-order valence-electron chi connectivity index (χ0n) is 10.8. The van der Waals surface area contributed by atoms with Gasteiger partial charge in [-0.15, -0.1) is 0 Å². The molecule has 0 aliphatic rings. The average molecular weight is 274 g/mol. The predicted molar refractivity (Wildman–Crippen MR) is 73.2 cm³/mol. The molecule has 20 heavy (non-hydrogen) atoms. The van der Waals surface area contributed by atoms with Crippen LogP contribution in [-0.2, 0) is 6.42 Å². The van der Waals surface area contributed by atoms with Crippen molar-refractivity contribution in [1.29, 1.82) is 0 Å². The molecule has 0 radical (unpaired) electrons. The van der Waals surface area contributed by atoms with Crippen LogP contribution in [0.25, 0.3) is 11.1 Å². The Morgan fingerprint density at radius 1 is 1.00 bits per heavy atom. The van der Waals surface area contributed by atoms with E-state index in [1.807, 2.05) is 6.92 Å². The summed E-state index contributed by atoms with van der Waals surface area (Å²) in [6, 6.07) is 6.56. The number of aryl methyl sites for hydroxylation is 1. The van der Waals surface area contributed by atoms with Gasteiger partial charge in [0.15, 0.2) is 0 Å². The first-order valence-corrected chi connectivity index (χ1v) is 6.05. The van der Waals surface area contributed by atoms with Gasteiger partial charge >= 0.3 is 5.97 Å². The molecular formula is C15H14O5. The van der Waals surface area contributed by atoms with E-state index in [4.69, 9.17) is 0 Å². The van der Waals surface area contributed by atoms with Gasteiger partial charge in [-0.1, -0.05) is 6.92 Å². The van der Waals surface area contributed by atoms with Crippen molar-refractivity contribution in [1.82, 2.24) is 0 Å². The molecule has 0 aliphatic carbocycles. The van der Waals surface area contributed by atoms with Crippen LogP contribution < -0.4 is 0 Å². The third-order valence-electron chi connectivity index (χ3n) is 3.08. The second kappa shape index (κ2) is 5.13. The molecule has 5 heteroatoms. The minimum Gasteiger partial charge on any atom is -0.508 e. The molecule has 5 nitrogen and oxygen atoms in total. The van der Waals surface area contributed by atoms with Gasteiger partial charge < -0.3 is 20.4 Å². The number of phenols is 3. The molecule has 2 rings (SSSR count). The number of phenolic OH excluding ortho intramolecular Hbond substituents is 3. The van der Waals surface area contributed by atoms with E-state index in [0.29, 0.717) is 12.0 Å². The summed E-state index contributed by atoms with van der Waals surface area (Å²) in [6.07, 6.45) is 0.494. The van der Waals surface area contributed by atoms with E-state index < -0.39 is 5.97 Å². The predicted octanol–water partition coefficient (Wildman–Crippen LogP) is 2.73. The Hall–Kier alpha value is -2.69. The van der Waals surface area contributed by atoms with Crippen molar-refractivity contribution in [2.45, 2.75) is 13.3 Å². The van der Waals surface area contributed by atoms with Gasteiger partial charge in [-0.05, 0) is 42.3 Å². The van der Waals surface area contributed by atoms with Crippen molar-refractivity contribution in [2.24, 2.45) is 0 Å². The molecule has 104 valence electrons. The van der Waals surface area contributed by atoms with Crippen LogP contribution in [0.4, 0.5) is 0 Å². The highest BCUT2D eigenvalue weighted by Gasteiger charge is 2.17. The summed E-state index contributed by atoms with van der Waals surface area (Å²) >= 11 is 0. The zero-order valence-corrected chi connectivity index (χ0v) is 10.8. The summed E-state index contributed by atoms with van der Waals surface area (Å²) in [5, 5.41) is 38.4. The number of carbonyl (C=O) groups is 1. The molecule has 0 aliphatic heterocycles. The highest BCUT2D eigenvalue weighted by atomic mass is 16.4. The monoisotopic (exact) mass is 274 g/mol. The van der Waals surface area contributed by atoms with Crippen LogP contribution in [-0.4, -0.2) is 26.4 Å². The van der Waals surface area contributed by atoms with Gasteiger partial charge in [0.05, 0.1) is 5.56 Å². The Morgan fingerprint density at radius 3 is 2.30 bits per heavy atom. The molecule has 0 saturated carbocycles. The lowest BCUT2D eigenvalue weighted by Gasteiger charge is -2.12. The molecule has 0 saturated heterocycles. The van der Waals surface area contributed by atoms with Crippen LogP contribution in [0.1, 0.15) is 22.8 Å². The molecule has 4 N–H and O–H groups in total. The summed E-state index contributed by atoms with van der Waals surface area (Å²) in [7, 11) is 0. The van der Waals surface area contributed by atoms with Gasteiger partial charge in [0, 0.05) is 11.1 Å². The SMILES string of the molecule is CCc1cc(O)cc(-c2ccc(O)cc2C(=O)O)c1O. The van der Waals surface area contributed by atoms with Crippen LogP contribution >= 0.6 is 0 Å². The normalized spacial score (nSPS) is 10.4. The minimum absolute atomic E-state index is 0.0564. The van der Waals surface area contributed by atoms with Crippen molar-refractivity contribution >= 4 is 5.97 Å². The molecule has 0 amide bonds. The van der Waals surface area contributed by atoms with Crippen molar-refractivity contribution in [2.75, 3.05) is 0 Å². The number of carboxylic acid groups (broad SMARTS) is 1. The number of hydrogen-bond donors (Lipinski definition) is 4. The van der Waals surface area contributed by atoms with Crippen molar-refractivity contribution in [3.05, 3.63) is 41.5 Å². The summed E-state index contributed by atoms with van der Waals surface area (Å²) < 4.78 is 0. The first kappa shape index (κ1) is 13.7. The van der Waals surface area contributed by atoms with E-state index in [2.05, 4.69) is 0 Å². The zero-order chi connectivity index (χ0) is 14.9. The maximum absolute atomic E-state index is 11.2. The highest BCUT2D eigenvalue weighted by Crippen LogP contribution is 2.38. The minimum atomic E-state index is -1.23. The summed E-state index contributed by atoms with van der Waals surface area (Å²) in [6.45, 7) is 1.81. The summed E-state index contributed by atoms with van der Waals surface area (Å²) in [4.78, 5) is 11.2. The fourth-order valence-corrected chi connectivity index (χ4v) is 2.10. The van der Waals surface area contributed by atoms with Crippen LogP contribution in [0.3, 0.4) is 0 Å².